The van der Waals surface area contributed by atoms with E-state index >= 15 is 0 Å². The molecule has 0 spiro atoms. The Hall–Kier alpha value is -1.11. The molecule has 0 bridgehead atoms. The summed E-state index contributed by atoms with van der Waals surface area (Å²) >= 11 is 14.3. The van der Waals surface area contributed by atoms with Crippen LogP contribution in [0.25, 0.3) is 0 Å². The summed E-state index contributed by atoms with van der Waals surface area (Å²) in [4.78, 5) is 27.2. The Labute approximate surface area is 154 Å². The SMILES string of the molecule is COC(=O)/C=C\C1CCC2C(C1c1csc(NC(C)=O)n1)C2(Cl)Cl. The highest BCUT2D eigenvalue weighted by atomic mass is 35.5. The molecule has 2 aliphatic carbocycles. The quantitative estimate of drug-likeness (QED) is 0.484. The monoisotopic (exact) mass is 388 g/mol. The Kier molecular flexibility index (Phi) is 4.91. The summed E-state index contributed by atoms with van der Waals surface area (Å²) in [6, 6.07) is 0. The van der Waals surface area contributed by atoms with Crippen molar-refractivity contribution in [2.75, 3.05) is 12.4 Å². The van der Waals surface area contributed by atoms with Crippen LogP contribution in [0.4, 0.5) is 5.13 Å². The van der Waals surface area contributed by atoms with Gasteiger partial charge in [0, 0.05) is 30.2 Å². The lowest BCUT2D eigenvalue weighted by Crippen LogP contribution is -2.20. The molecule has 4 unspecified atom stereocenters. The normalized spacial score (nSPS) is 30.7. The number of thiazole rings is 1. The molecule has 1 heterocycles. The fourth-order valence-corrected chi connectivity index (χ4v) is 5.38. The number of nitrogens with zero attached hydrogens (tertiary/aromatic N) is 1. The van der Waals surface area contributed by atoms with E-state index in [1.165, 1.54) is 31.4 Å². The first kappa shape index (κ1) is 17.7. The number of ether oxygens (including phenoxy) is 1. The van der Waals surface area contributed by atoms with Gasteiger partial charge in [-0.1, -0.05) is 6.08 Å². The second-order valence-corrected chi connectivity index (χ2v) is 8.52. The van der Waals surface area contributed by atoms with Gasteiger partial charge in [0.25, 0.3) is 0 Å². The van der Waals surface area contributed by atoms with Crippen molar-refractivity contribution in [2.45, 2.75) is 30.0 Å². The second-order valence-electron chi connectivity index (χ2n) is 6.21. The molecule has 130 valence electrons. The number of rotatable bonds is 4. The molecule has 4 atom stereocenters. The average molecular weight is 389 g/mol. The van der Waals surface area contributed by atoms with Gasteiger partial charge in [0.05, 0.1) is 12.8 Å². The van der Waals surface area contributed by atoms with Crippen LogP contribution in [-0.4, -0.2) is 28.3 Å². The maximum absolute atomic E-state index is 11.4. The number of anilines is 1. The molecule has 3 rings (SSSR count). The Morgan fingerprint density at radius 2 is 2.21 bits per heavy atom. The maximum atomic E-state index is 11.4. The topological polar surface area (TPSA) is 68.3 Å². The van der Waals surface area contributed by atoms with Gasteiger partial charge < -0.3 is 10.1 Å². The van der Waals surface area contributed by atoms with Gasteiger partial charge in [-0.05, 0) is 24.7 Å². The lowest BCUT2D eigenvalue weighted by Gasteiger charge is -2.27. The highest BCUT2D eigenvalue weighted by molar-refractivity contribution is 7.13. The van der Waals surface area contributed by atoms with E-state index in [0.29, 0.717) is 5.13 Å². The van der Waals surface area contributed by atoms with Gasteiger partial charge in [0.1, 0.15) is 4.33 Å². The zero-order valence-corrected chi connectivity index (χ0v) is 15.6. The zero-order valence-electron chi connectivity index (χ0n) is 13.3. The first-order chi connectivity index (χ1) is 11.3. The molecule has 0 aliphatic heterocycles. The molecule has 8 heteroatoms. The van der Waals surface area contributed by atoms with Crippen molar-refractivity contribution in [3.8, 4) is 0 Å². The number of allylic oxidation sites excluding steroid dienone is 1. The maximum Gasteiger partial charge on any atom is 0.330 e. The standard InChI is InChI=1S/C16H18Cl2N2O3S/c1-8(21)19-15-20-11(7-24-15)13-9(4-6-12(22)23-2)3-5-10-14(13)16(10,17)18/h4,6-7,9-10,13-14H,3,5H2,1-2H3,(H,19,20,21)/b6-4-. The van der Waals surface area contributed by atoms with Gasteiger partial charge in [0.2, 0.25) is 5.91 Å². The van der Waals surface area contributed by atoms with Crippen LogP contribution in [-0.2, 0) is 14.3 Å². The van der Waals surface area contributed by atoms with Crippen molar-refractivity contribution in [3.05, 3.63) is 23.2 Å². The number of hydrogen-bond donors (Lipinski definition) is 1. The van der Waals surface area contributed by atoms with Crippen molar-refractivity contribution in [1.82, 2.24) is 4.98 Å². The van der Waals surface area contributed by atoms with Gasteiger partial charge >= 0.3 is 5.97 Å². The first-order valence-corrected chi connectivity index (χ1v) is 9.35. The van der Waals surface area contributed by atoms with Crippen LogP contribution in [0.2, 0.25) is 0 Å². The van der Waals surface area contributed by atoms with Crippen molar-refractivity contribution in [3.63, 3.8) is 0 Å². The Morgan fingerprint density at radius 1 is 1.46 bits per heavy atom. The molecule has 2 aliphatic rings. The zero-order chi connectivity index (χ0) is 17.5. The lowest BCUT2D eigenvalue weighted by atomic mass is 9.77. The molecule has 0 radical (unpaired) electrons. The highest BCUT2D eigenvalue weighted by Crippen LogP contribution is 2.70. The summed E-state index contributed by atoms with van der Waals surface area (Å²) in [6.45, 7) is 1.45. The smallest absolute Gasteiger partial charge is 0.330 e. The van der Waals surface area contributed by atoms with Gasteiger partial charge in [-0.3, -0.25) is 4.79 Å². The Balaban J connectivity index is 1.86. The van der Waals surface area contributed by atoms with E-state index < -0.39 is 4.33 Å². The minimum absolute atomic E-state index is 0.0263. The van der Waals surface area contributed by atoms with Gasteiger partial charge in [0.15, 0.2) is 5.13 Å². The minimum Gasteiger partial charge on any atom is -0.466 e. The third-order valence-electron chi connectivity index (χ3n) is 4.75. The van der Waals surface area contributed by atoms with Crippen LogP contribution in [0.15, 0.2) is 17.5 Å². The van der Waals surface area contributed by atoms with Crippen LogP contribution >= 0.6 is 34.5 Å². The number of halogens is 2. The number of amides is 1. The number of esters is 1. The van der Waals surface area contributed by atoms with E-state index in [0.717, 1.165) is 18.5 Å². The van der Waals surface area contributed by atoms with Crippen LogP contribution in [0, 0.1) is 17.8 Å². The molecule has 2 fully saturated rings. The molecule has 5 nitrogen and oxygen atoms in total. The summed E-state index contributed by atoms with van der Waals surface area (Å²) in [7, 11) is 1.35. The summed E-state index contributed by atoms with van der Waals surface area (Å²) in [5.41, 5.74) is 0.862. The second kappa shape index (κ2) is 6.65. The first-order valence-electron chi connectivity index (χ1n) is 7.71. The fraction of sp³-hybridized carbons (Fsp3) is 0.562. The van der Waals surface area contributed by atoms with E-state index in [4.69, 9.17) is 23.2 Å². The summed E-state index contributed by atoms with van der Waals surface area (Å²) in [5.74, 6) is -0.0500. The van der Waals surface area contributed by atoms with Crippen LogP contribution in [0.1, 0.15) is 31.4 Å². The Bertz CT molecular complexity index is 689. The molecule has 1 aromatic rings. The number of hydrogen-bond acceptors (Lipinski definition) is 5. The summed E-state index contributed by atoms with van der Waals surface area (Å²) < 4.78 is 3.93. The van der Waals surface area contributed by atoms with E-state index in [2.05, 4.69) is 15.0 Å². The van der Waals surface area contributed by atoms with Gasteiger partial charge in [-0.2, -0.15) is 0 Å². The summed E-state index contributed by atoms with van der Waals surface area (Å²) in [6.07, 6.45) is 5.12. The lowest BCUT2D eigenvalue weighted by molar-refractivity contribution is -0.134. The van der Waals surface area contributed by atoms with E-state index in [9.17, 15) is 9.59 Å². The minimum atomic E-state index is -0.740. The molecule has 24 heavy (non-hydrogen) atoms. The molecule has 0 saturated heterocycles. The molecule has 1 aromatic heterocycles. The number of alkyl halides is 2. The number of carbonyl (C=O) groups excluding carboxylic acids is 2. The molecule has 0 aromatic carbocycles. The average Bonchev–Trinajstić information content (AvgIpc) is 2.87. The Morgan fingerprint density at radius 3 is 2.88 bits per heavy atom. The number of carbonyl (C=O) groups is 2. The number of fused-ring (bicyclic) bond motifs is 1. The van der Waals surface area contributed by atoms with Crippen molar-refractivity contribution in [1.29, 1.82) is 0 Å². The third kappa shape index (κ3) is 3.32. The van der Waals surface area contributed by atoms with E-state index in [1.807, 2.05) is 11.5 Å². The van der Waals surface area contributed by atoms with Crippen molar-refractivity contribution in [2.24, 2.45) is 17.8 Å². The van der Waals surface area contributed by atoms with E-state index in [-0.39, 0.29) is 35.5 Å². The van der Waals surface area contributed by atoms with Crippen molar-refractivity contribution < 1.29 is 14.3 Å². The van der Waals surface area contributed by atoms with Gasteiger partial charge in [-0.15, -0.1) is 34.5 Å². The molecule has 1 amide bonds. The molecular formula is C16H18Cl2N2O3S. The highest BCUT2D eigenvalue weighted by Gasteiger charge is 2.68. The molecule has 1 N–H and O–H groups in total. The van der Waals surface area contributed by atoms with Crippen LogP contribution < -0.4 is 5.32 Å². The number of methoxy groups -OCH3 is 1. The van der Waals surface area contributed by atoms with Crippen LogP contribution in [0.5, 0.6) is 0 Å². The molecule has 2 saturated carbocycles. The van der Waals surface area contributed by atoms with E-state index in [1.54, 1.807) is 0 Å². The number of aromatic nitrogens is 1. The molecular weight excluding hydrogens is 371 g/mol. The predicted octanol–water partition coefficient (Wildman–Crippen LogP) is 3.74. The summed E-state index contributed by atoms with van der Waals surface area (Å²) in [5, 5.41) is 5.19. The van der Waals surface area contributed by atoms with Crippen LogP contribution in [0.3, 0.4) is 0 Å². The largest absolute Gasteiger partial charge is 0.466 e. The van der Waals surface area contributed by atoms with Gasteiger partial charge in [-0.25, -0.2) is 9.78 Å². The number of nitrogens with one attached hydrogen (secondary N) is 1. The fourth-order valence-electron chi connectivity index (χ4n) is 3.63. The third-order valence-corrected chi connectivity index (χ3v) is 6.59. The van der Waals surface area contributed by atoms with Crippen molar-refractivity contribution >= 4 is 51.5 Å². The predicted molar refractivity (Wildman–Crippen MR) is 94.5 cm³/mol.